The zero-order valence-electron chi connectivity index (χ0n) is 10.6. The topological polar surface area (TPSA) is 138 Å². The van der Waals surface area contributed by atoms with Crippen LogP contribution in [0, 0.1) is 6.92 Å². The highest BCUT2D eigenvalue weighted by molar-refractivity contribution is 6.01. The van der Waals surface area contributed by atoms with Gasteiger partial charge in [0.25, 0.3) is 5.91 Å². The van der Waals surface area contributed by atoms with Crippen molar-refractivity contribution in [2.75, 3.05) is 0 Å². The van der Waals surface area contributed by atoms with E-state index in [2.05, 4.69) is 0 Å². The lowest BCUT2D eigenvalue weighted by Crippen LogP contribution is -2.31. The maximum Gasteiger partial charge on any atom is 0.258 e. The Hall–Kier alpha value is -2.57. The molecule has 1 rings (SSSR count). The normalized spacial score (nSPS) is 11.7. The van der Waals surface area contributed by atoms with Gasteiger partial charge in [-0.25, -0.2) is 0 Å². The Bertz CT molecular complexity index is 519. The van der Waals surface area contributed by atoms with Gasteiger partial charge in [-0.2, -0.15) is 0 Å². The molecule has 6 N–H and O–H groups in total. The van der Waals surface area contributed by atoms with Crippen molar-refractivity contribution in [2.24, 2.45) is 17.2 Å². The molecular weight excluding hydrogens is 250 g/mol. The van der Waals surface area contributed by atoms with Gasteiger partial charge < -0.3 is 21.9 Å². The highest BCUT2D eigenvalue weighted by atomic mass is 16.5. The fraction of sp³-hybridized carbons (Fsp3) is 0.250. The largest absolute Gasteiger partial charge is 0.481 e. The van der Waals surface area contributed by atoms with Crippen LogP contribution in [0.15, 0.2) is 12.1 Å². The van der Waals surface area contributed by atoms with Gasteiger partial charge in [0.1, 0.15) is 5.75 Å². The molecule has 0 saturated heterocycles. The van der Waals surface area contributed by atoms with Gasteiger partial charge in [0.2, 0.25) is 11.8 Å². The van der Waals surface area contributed by atoms with Crippen molar-refractivity contribution in [2.45, 2.75) is 20.0 Å². The summed E-state index contributed by atoms with van der Waals surface area (Å²) in [5.41, 5.74) is 16.0. The molecule has 3 amide bonds. The Kier molecular flexibility index (Phi) is 4.11. The number of amides is 3. The first kappa shape index (κ1) is 14.5. The Labute approximate surface area is 109 Å². The lowest BCUT2D eigenvalue weighted by Gasteiger charge is -2.14. The van der Waals surface area contributed by atoms with E-state index in [0.29, 0.717) is 5.56 Å². The molecule has 7 heteroatoms. The smallest absolute Gasteiger partial charge is 0.258 e. The Morgan fingerprint density at radius 3 is 1.79 bits per heavy atom. The second kappa shape index (κ2) is 5.38. The van der Waals surface area contributed by atoms with Crippen molar-refractivity contribution < 1.29 is 19.1 Å². The number of carbonyl (C=O) groups is 3. The lowest BCUT2D eigenvalue weighted by molar-refractivity contribution is -0.123. The molecule has 0 aliphatic carbocycles. The maximum absolute atomic E-state index is 11.3. The number of carbonyl (C=O) groups excluding carboxylic acids is 3. The Balaban J connectivity index is 3.30. The molecule has 0 saturated carbocycles. The third kappa shape index (κ3) is 3.21. The minimum absolute atomic E-state index is 0.1000. The summed E-state index contributed by atoms with van der Waals surface area (Å²) >= 11 is 0. The van der Waals surface area contributed by atoms with E-state index in [1.54, 1.807) is 6.92 Å². The van der Waals surface area contributed by atoms with Gasteiger partial charge in [0.15, 0.2) is 6.10 Å². The van der Waals surface area contributed by atoms with E-state index in [0.717, 1.165) is 0 Å². The van der Waals surface area contributed by atoms with Crippen LogP contribution < -0.4 is 21.9 Å². The molecule has 1 aromatic rings. The van der Waals surface area contributed by atoms with E-state index in [4.69, 9.17) is 21.9 Å². The summed E-state index contributed by atoms with van der Waals surface area (Å²) in [4.78, 5) is 33.5. The summed E-state index contributed by atoms with van der Waals surface area (Å²) in [6.07, 6.45) is -0.913. The Morgan fingerprint density at radius 2 is 1.47 bits per heavy atom. The molecule has 7 nitrogen and oxygen atoms in total. The van der Waals surface area contributed by atoms with Crippen molar-refractivity contribution in [3.8, 4) is 5.75 Å². The zero-order chi connectivity index (χ0) is 14.7. The molecule has 0 aliphatic heterocycles. The highest BCUT2D eigenvalue weighted by Crippen LogP contribution is 2.22. The summed E-state index contributed by atoms with van der Waals surface area (Å²) in [6.45, 7) is 2.98. The van der Waals surface area contributed by atoms with E-state index in [1.807, 2.05) is 0 Å². The van der Waals surface area contributed by atoms with E-state index in [9.17, 15) is 14.4 Å². The summed E-state index contributed by atoms with van der Waals surface area (Å²) in [6, 6.07) is 2.67. The van der Waals surface area contributed by atoms with Crippen LogP contribution in [0.3, 0.4) is 0 Å². The second-order valence-electron chi connectivity index (χ2n) is 4.03. The summed E-state index contributed by atoms with van der Waals surface area (Å²) in [5.74, 6) is -2.00. The molecule has 0 aliphatic rings. The Morgan fingerprint density at radius 1 is 1.05 bits per heavy atom. The number of primary amides is 3. The maximum atomic E-state index is 11.3. The predicted molar refractivity (Wildman–Crippen MR) is 67.5 cm³/mol. The van der Waals surface area contributed by atoms with Gasteiger partial charge >= 0.3 is 0 Å². The molecule has 0 radical (unpaired) electrons. The molecule has 0 aromatic heterocycles. The monoisotopic (exact) mass is 265 g/mol. The van der Waals surface area contributed by atoms with Crippen molar-refractivity contribution in [1.29, 1.82) is 0 Å². The number of hydrogen-bond donors (Lipinski definition) is 3. The predicted octanol–water partition coefficient (Wildman–Crippen LogP) is -0.555. The molecule has 0 fully saturated rings. The number of nitrogens with two attached hydrogens (primary N) is 3. The van der Waals surface area contributed by atoms with Crippen LogP contribution in [-0.4, -0.2) is 23.8 Å². The molecule has 0 heterocycles. The molecule has 0 bridgehead atoms. The van der Waals surface area contributed by atoms with Gasteiger partial charge in [0, 0.05) is 11.1 Å². The van der Waals surface area contributed by atoms with Crippen LogP contribution in [0.25, 0.3) is 0 Å². The van der Waals surface area contributed by atoms with Gasteiger partial charge in [-0.1, -0.05) is 0 Å². The molecule has 1 atom stereocenters. The van der Waals surface area contributed by atoms with Gasteiger partial charge in [0.05, 0.1) is 0 Å². The quantitative estimate of drug-likeness (QED) is 0.657. The second-order valence-corrected chi connectivity index (χ2v) is 4.03. The average molecular weight is 265 g/mol. The van der Waals surface area contributed by atoms with E-state index in [1.165, 1.54) is 19.1 Å². The van der Waals surface area contributed by atoms with Gasteiger partial charge in [-0.15, -0.1) is 0 Å². The summed E-state index contributed by atoms with van der Waals surface area (Å²) in [5, 5.41) is 0. The van der Waals surface area contributed by atoms with Gasteiger partial charge in [-0.05, 0) is 31.5 Å². The van der Waals surface area contributed by atoms with Crippen LogP contribution >= 0.6 is 0 Å². The number of hydrogen-bond acceptors (Lipinski definition) is 4. The first-order valence-corrected chi connectivity index (χ1v) is 5.44. The van der Waals surface area contributed by atoms with Crippen molar-refractivity contribution >= 4 is 17.7 Å². The average Bonchev–Trinajstić information content (AvgIpc) is 2.30. The number of rotatable bonds is 5. The molecule has 0 spiro atoms. The number of ether oxygens (including phenoxy) is 1. The minimum Gasteiger partial charge on any atom is -0.481 e. The third-order valence-electron chi connectivity index (χ3n) is 2.63. The van der Waals surface area contributed by atoms with Crippen molar-refractivity contribution in [3.05, 3.63) is 28.8 Å². The van der Waals surface area contributed by atoms with E-state index in [-0.39, 0.29) is 16.9 Å². The minimum atomic E-state index is -0.913. The molecule has 1 aromatic carbocycles. The van der Waals surface area contributed by atoms with Gasteiger partial charge in [-0.3, -0.25) is 14.4 Å². The fourth-order valence-electron chi connectivity index (χ4n) is 1.53. The zero-order valence-corrected chi connectivity index (χ0v) is 10.6. The SMILES string of the molecule is Cc1c(C(N)=O)cc(OC(C)C(N)=O)cc1C(N)=O. The summed E-state index contributed by atoms with van der Waals surface area (Å²) < 4.78 is 5.22. The first-order valence-electron chi connectivity index (χ1n) is 5.44. The van der Waals surface area contributed by atoms with Crippen molar-refractivity contribution in [1.82, 2.24) is 0 Å². The van der Waals surface area contributed by atoms with Crippen LogP contribution in [0.1, 0.15) is 33.2 Å². The van der Waals surface area contributed by atoms with E-state index < -0.39 is 23.8 Å². The fourth-order valence-corrected chi connectivity index (χ4v) is 1.53. The molecule has 102 valence electrons. The third-order valence-corrected chi connectivity index (χ3v) is 2.63. The number of benzene rings is 1. The van der Waals surface area contributed by atoms with E-state index >= 15 is 0 Å². The lowest BCUT2D eigenvalue weighted by atomic mass is 10.0. The van der Waals surface area contributed by atoms with Crippen LogP contribution in [0.2, 0.25) is 0 Å². The van der Waals surface area contributed by atoms with Crippen LogP contribution in [-0.2, 0) is 4.79 Å². The highest BCUT2D eigenvalue weighted by Gasteiger charge is 2.18. The molecule has 19 heavy (non-hydrogen) atoms. The van der Waals surface area contributed by atoms with Crippen LogP contribution in [0.5, 0.6) is 5.75 Å². The van der Waals surface area contributed by atoms with Crippen molar-refractivity contribution in [3.63, 3.8) is 0 Å². The molecule has 1 unspecified atom stereocenters. The standard InChI is InChI=1S/C12H15N3O4/c1-5-8(11(14)17)3-7(4-9(5)12(15)18)19-6(2)10(13)16/h3-4,6H,1-2H3,(H2,13,16)(H2,14,17)(H2,15,18). The van der Waals surface area contributed by atoms with Crippen LogP contribution in [0.4, 0.5) is 0 Å². The summed E-state index contributed by atoms with van der Waals surface area (Å²) in [7, 11) is 0. The molecular formula is C12H15N3O4. The first-order chi connectivity index (χ1) is 8.73.